The Bertz CT molecular complexity index is 551. The number of aromatic nitrogens is 2. The van der Waals surface area contributed by atoms with E-state index in [0.29, 0.717) is 24.8 Å². The van der Waals surface area contributed by atoms with Crippen LogP contribution in [0.25, 0.3) is 0 Å². The fraction of sp³-hybridized carbons (Fsp3) is 0.643. The summed E-state index contributed by atoms with van der Waals surface area (Å²) < 4.78 is 0. The highest BCUT2D eigenvalue weighted by molar-refractivity contribution is 6.33. The SMILES string of the molecule is CC(C)c1ncc(Cl)c(C(=O)N2CC(O)(C3CC3)C2)n1. The zero-order chi connectivity index (χ0) is 14.5. The van der Waals surface area contributed by atoms with Gasteiger partial charge in [0.05, 0.1) is 24.3 Å². The molecule has 108 valence electrons. The summed E-state index contributed by atoms with van der Waals surface area (Å²) in [5, 5.41) is 10.5. The first-order valence-electron chi connectivity index (χ1n) is 6.95. The van der Waals surface area contributed by atoms with Gasteiger partial charge >= 0.3 is 0 Å². The van der Waals surface area contributed by atoms with Crippen LogP contribution in [0.3, 0.4) is 0 Å². The van der Waals surface area contributed by atoms with Crippen LogP contribution in [0.4, 0.5) is 0 Å². The molecule has 1 saturated carbocycles. The molecule has 0 radical (unpaired) electrons. The van der Waals surface area contributed by atoms with Crippen molar-refractivity contribution in [2.45, 2.75) is 38.2 Å². The van der Waals surface area contributed by atoms with Crippen LogP contribution in [0.5, 0.6) is 0 Å². The number of hydrogen-bond acceptors (Lipinski definition) is 4. The Morgan fingerprint density at radius 3 is 2.70 bits per heavy atom. The Labute approximate surface area is 123 Å². The Morgan fingerprint density at radius 1 is 1.50 bits per heavy atom. The Balaban J connectivity index is 1.76. The quantitative estimate of drug-likeness (QED) is 0.924. The fourth-order valence-electron chi connectivity index (χ4n) is 2.60. The Morgan fingerprint density at radius 2 is 2.15 bits per heavy atom. The van der Waals surface area contributed by atoms with Crippen LogP contribution >= 0.6 is 11.6 Å². The number of β-amino-alcohol motifs (C(OH)–C–C–N with tert-alkyl or cyclic N) is 1. The molecule has 0 spiro atoms. The molecular weight excluding hydrogens is 278 g/mol. The second kappa shape index (κ2) is 4.67. The number of nitrogens with zero attached hydrogens (tertiary/aromatic N) is 3. The third-order valence-electron chi connectivity index (χ3n) is 4.04. The maximum absolute atomic E-state index is 12.4. The molecule has 3 rings (SSSR count). The molecule has 5 nitrogen and oxygen atoms in total. The molecule has 0 unspecified atom stereocenters. The van der Waals surface area contributed by atoms with Gasteiger partial charge in [0.1, 0.15) is 11.4 Å². The van der Waals surface area contributed by atoms with Crippen molar-refractivity contribution < 1.29 is 9.90 Å². The Hall–Kier alpha value is -1.20. The van der Waals surface area contributed by atoms with Crippen molar-refractivity contribution in [3.63, 3.8) is 0 Å². The molecule has 1 amide bonds. The maximum Gasteiger partial charge on any atom is 0.274 e. The van der Waals surface area contributed by atoms with Gasteiger partial charge in [0, 0.05) is 5.92 Å². The van der Waals surface area contributed by atoms with Crippen molar-refractivity contribution in [3.05, 3.63) is 22.7 Å². The normalized spacial score (nSPS) is 20.9. The summed E-state index contributed by atoms with van der Waals surface area (Å²) in [6.07, 6.45) is 3.60. The van der Waals surface area contributed by atoms with Crippen LogP contribution in [0, 0.1) is 5.92 Å². The number of halogens is 1. The predicted molar refractivity (Wildman–Crippen MR) is 74.7 cm³/mol. The monoisotopic (exact) mass is 295 g/mol. The largest absolute Gasteiger partial charge is 0.386 e. The zero-order valence-corrected chi connectivity index (χ0v) is 12.4. The van der Waals surface area contributed by atoms with E-state index in [1.165, 1.54) is 6.20 Å². The maximum atomic E-state index is 12.4. The summed E-state index contributed by atoms with van der Waals surface area (Å²) in [5.74, 6) is 0.887. The molecule has 2 fully saturated rings. The average Bonchev–Trinajstić information content (AvgIpc) is 3.19. The van der Waals surface area contributed by atoms with Crippen LogP contribution in [-0.4, -0.2) is 44.6 Å². The highest BCUT2D eigenvalue weighted by atomic mass is 35.5. The zero-order valence-electron chi connectivity index (χ0n) is 11.6. The standard InChI is InChI=1S/C14H18ClN3O2/c1-8(2)12-16-5-10(15)11(17-12)13(19)18-6-14(20,7-18)9-3-4-9/h5,8-9,20H,3-4,6-7H2,1-2H3. The van der Waals surface area contributed by atoms with Crippen LogP contribution in [0.1, 0.15) is 48.9 Å². The van der Waals surface area contributed by atoms with Crippen molar-refractivity contribution in [3.8, 4) is 0 Å². The van der Waals surface area contributed by atoms with E-state index in [9.17, 15) is 9.90 Å². The second-order valence-corrected chi connectivity index (χ2v) is 6.53. The summed E-state index contributed by atoms with van der Waals surface area (Å²) in [7, 11) is 0. The first-order valence-corrected chi connectivity index (χ1v) is 7.32. The van der Waals surface area contributed by atoms with E-state index in [2.05, 4.69) is 9.97 Å². The third kappa shape index (κ3) is 2.29. The van der Waals surface area contributed by atoms with E-state index in [1.807, 2.05) is 13.8 Å². The lowest BCUT2D eigenvalue weighted by molar-refractivity contribution is -0.0959. The van der Waals surface area contributed by atoms with Crippen LogP contribution < -0.4 is 0 Å². The van der Waals surface area contributed by atoms with Crippen LogP contribution in [0.2, 0.25) is 5.02 Å². The minimum absolute atomic E-state index is 0.138. The summed E-state index contributed by atoms with van der Waals surface area (Å²) >= 11 is 6.03. The lowest BCUT2D eigenvalue weighted by atomic mass is 9.88. The van der Waals surface area contributed by atoms with Gasteiger partial charge in [-0.3, -0.25) is 4.79 Å². The van der Waals surface area contributed by atoms with Crippen molar-refractivity contribution in [1.29, 1.82) is 0 Å². The van der Waals surface area contributed by atoms with E-state index in [0.717, 1.165) is 12.8 Å². The van der Waals surface area contributed by atoms with Crippen LogP contribution in [0.15, 0.2) is 6.20 Å². The van der Waals surface area contributed by atoms with E-state index in [4.69, 9.17) is 11.6 Å². The molecule has 1 aliphatic carbocycles. The molecule has 1 aromatic heterocycles. The number of amides is 1. The van der Waals surface area contributed by atoms with Gasteiger partial charge in [0.2, 0.25) is 0 Å². The minimum atomic E-state index is -0.684. The summed E-state index contributed by atoms with van der Waals surface area (Å²) in [5.41, 5.74) is -0.445. The number of carbonyl (C=O) groups is 1. The van der Waals surface area contributed by atoms with Gasteiger partial charge in [-0.2, -0.15) is 0 Å². The van der Waals surface area contributed by atoms with Crippen molar-refractivity contribution in [2.75, 3.05) is 13.1 Å². The number of rotatable bonds is 3. The first kappa shape index (κ1) is 13.8. The number of likely N-dealkylation sites (tertiary alicyclic amines) is 1. The van der Waals surface area contributed by atoms with Gasteiger partial charge in [-0.15, -0.1) is 0 Å². The van der Waals surface area contributed by atoms with Gasteiger partial charge in [0.25, 0.3) is 5.91 Å². The van der Waals surface area contributed by atoms with Gasteiger partial charge in [-0.25, -0.2) is 9.97 Å². The summed E-state index contributed by atoms with van der Waals surface area (Å²) in [6.45, 7) is 4.70. The average molecular weight is 296 g/mol. The number of aliphatic hydroxyl groups is 1. The van der Waals surface area contributed by atoms with Crippen molar-refractivity contribution >= 4 is 17.5 Å². The Kier molecular flexibility index (Phi) is 3.21. The van der Waals surface area contributed by atoms with E-state index in [-0.39, 0.29) is 22.5 Å². The lowest BCUT2D eigenvalue weighted by Crippen LogP contribution is -2.64. The molecule has 1 N–H and O–H groups in total. The second-order valence-electron chi connectivity index (χ2n) is 6.12. The van der Waals surface area contributed by atoms with Crippen molar-refractivity contribution in [2.24, 2.45) is 5.92 Å². The molecule has 0 bridgehead atoms. The highest BCUT2D eigenvalue weighted by Gasteiger charge is 2.53. The van der Waals surface area contributed by atoms with E-state index in [1.54, 1.807) is 4.90 Å². The summed E-state index contributed by atoms with van der Waals surface area (Å²) in [6, 6.07) is 0. The van der Waals surface area contributed by atoms with Gasteiger partial charge in [0.15, 0.2) is 5.69 Å². The van der Waals surface area contributed by atoms with Crippen molar-refractivity contribution in [1.82, 2.24) is 14.9 Å². The topological polar surface area (TPSA) is 66.3 Å². The molecule has 2 heterocycles. The van der Waals surface area contributed by atoms with Gasteiger partial charge in [-0.05, 0) is 18.8 Å². The molecule has 1 aliphatic heterocycles. The number of hydrogen-bond donors (Lipinski definition) is 1. The fourth-order valence-corrected chi connectivity index (χ4v) is 2.77. The lowest BCUT2D eigenvalue weighted by Gasteiger charge is -2.46. The van der Waals surface area contributed by atoms with E-state index < -0.39 is 5.60 Å². The van der Waals surface area contributed by atoms with Crippen LogP contribution in [-0.2, 0) is 0 Å². The van der Waals surface area contributed by atoms with Gasteiger partial charge in [-0.1, -0.05) is 25.4 Å². The van der Waals surface area contributed by atoms with E-state index >= 15 is 0 Å². The molecule has 1 aromatic rings. The third-order valence-corrected chi connectivity index (χ3v) is 4.31. The molecule has 1 saturated heterocycles. The van der Waals surface area contributed by atoms with Gasteiger partial charge < -0.3 is 10.0 Å². The first-order chi connectivity index (χ1) is 9.40. The summed E-state index contributed by atoms with van der Waals surface area (Å²) in [4.78, 5) is 22.4. The molecular formula is C14H18ClN3O2. The molecule has 6 heteroatoms. The molecule has 0 atom stereocenters. The molecule has 0 aromatic carbocycles. The number of carbonyl (C=O) groups excluding carboxylic acids is 1. The predicted octanol–water partition coefficient (Wildman–Crippen LogP) is 1.85. The molecule has 2 aliphatic rings. The minimum Gasteiger partial charge on any atom is -0.386 e. The molecule has 20 heavy (non-hydrogen) atoms. The highest BCUT2D eigenvalue weighted by Crippen LogP contribution is 2.44. The smallest absolute Gasteiger partial charge is 0.274 e.